The van der Waals surface area contributed by atoms with Crippen molar-refractivity contribution in [1.29, 1.82) is 0 Å². The molecule has 0 saturated carbocycles. The molecule has 0 radical (unpaired) electrons. The number of H-pyrrole nitrogens is 1. The Balaban J connectivity index is 1.72. The van der Waals surface area contributed by atoms with Gasteiger partial charge in [-0.15, -0.1) is 0 Å². The summed E-state index contributed by atoms with van der Waals surface area (Å²) in [6.07, 6.45) is 3.08. The van der Waals surface area contributed by atoms with Crippen molar-refractivity contribution in [3.8, 4) is 0 Å². The molecule has 21 heavy (non-hydrogen) atoms. The van der Waals surface area contributed by atoms with Gasteiger partial charge >= 0.3 is 0 Å². The van der Waals surface area contributed by atoms with Gasteiger partial charge in [0.15, 0.2) is 0 Å². The first-order valence-electron chi connectivity index (χ1n) is 7.58. The van der Waals surface area contributed by atoms with Gasteiger partial charge in [0.2, 0.25) is 0 Å². The summed E-state index contributed by atoms with van der Waals surface area (Å²) in [4.78, 5) is 5.61. The number of aryl methyl sites for hydroxylation is 1. The third-order valence-electron chi connectivity index (χ3n) is 4.31. The SMILES string of the molecule is CN(CCN)CN[C@@H]1CCc2[nH]c3ccc(F)cc3c2C1. The maximum absolute atomic E-state index is 13.5. The van der Waals surface area contributed by atoms with Gasteiger partial charge in [-0.3, -0.25) is 4.90 Å². The average Bonchev–Trinajstić information content (AvgIpc) is 2.83. The number of aromatic nitrogens is 1. The molecule has 0 fully saturated rings. The van der Waals surface area contributed by atoms with Gasteiger partial charge in [-0.25, -0.2) is 4.39 Å². The standard InChI is InChI=1S/C16H23FN4/c1-21(7-6-18)10-19-12-3-5-16-14(9-12)13-8-11(17)2-4-15(13)20-16/h2,4,8,12,19-20H,3,5-7,9-10,18H2,1H3/t12-/m1/s1. The molecule has 4 nitrogen and oxygen atoms in total. The number of hydrogen-bond donors (Lipinski definition) is 3. The van der Waals surface area contributed by atoms with E-state index >= 15 is 0 Å². The van der Waals surface area contributed by atoms with E-state index in [-0.39, 0.29) is 5.82 Å². The lowest BCUT2D eigenvalue weighted by Crippen LogP contribution is -2.42. The minimum atomic E-state index is -0.165. The summed E-state index contributed by atoms with van der Waals surface area (Å²) in [5.74, 6) is -0.165. The number of nitrogens with two attached hydrogens (primary N) is 1. The Morgan fingerprint density at radius 3 is 3.14 bits per heavy atom. The fraction of sp³-hybridized carbons (Fsp3) is 0.500. The molecule has 1 heterocycles. The minimum Gasteiger partial charge on any atom is -0.358 e. The highest BCUT2D eigenvalue weighted by atomic mass is 19.1. The van der Waals surface area contributed by atoms with Gasteiger partial charge in [-0.05, 0) is 50.1 Å². The first-order chi connectivity index (χ1) is 10.2. The molecule has 1 aromatic heterocycles. The predicted octanol–water partition coefficient (Wildman–Crippen LogP) is 1.60. The molecule has 1 aromatic carbocycles. The number of likely N-dealkylation sites (N-methyl/N-ethyl adjacent to an activating group) is 1. The van der Waals surface area contributed by atoms with E-state index in [1.165, 1.54) is 17.3 Å². The van der Waals surface area contributed by atoms with Crippen molar-refractivity contribution >= 4 is 10.9 Å². The van der Waals surface area contributed by atoms with E-state index in [1.54, 1.807) is 6.07 Å². The van der Waals surface area contributed by atoms with E-state index < -0.39 is 0 Å². The molecule has 0 unspecified atom stereocenters. The molecule has 5 heteroatoms. The first-order valence-corrected chi connectivity index (χ1v) is 7.58. The summed E-state index contributed by atoms with van der Waals surface area (Å²) in [5.41, 5.74) is 9.14. The average molecular weight is 290 g/mol. The van der Waals surface area contributed by atoms with E-state index in [2.05, 4.69) is 22.2 Å². The largest absolute Gasteiger partial charge is 0.358 e. The number of rotatable bonds is 5. The predicted molar refractivity (Wildman–Crippen MR) is 83.8 cm³/mol. The Morgan fingerprint density at radius 2 is 2.33 bits per heavy atom. The molecule has 114 valence electrons. The minimum absolute atomic E-state index is 0.165. The number of fused-ring (bicyclic) bond motifs is 3. The van der Waals surface area contributed by atoms with Gasteiger partial charge in [0.25, 0.3) is 0 Å². The first kappa shape index (κ1) is 14.5. The summed E-state index contributed by atoms with van der Waals surface area (Å²) in [6, 6.07) is 5.44. The third kappa shape index (κ3) is 3.10. The Kier molecular flexibility index (Phi) is 4.24. The van der Waals surface area contributed by atoms with Crippen LogP contribution in [0.15, 0.2) is 18.2 Å². The zero-order valence-electron chi connectivity index (χ0n) is 12.5. The van der Waals surface area contributed by atoms with Crippen LogP contribution in [0.1, 0.15) is 17.7 Å². The monoisotopic (exact) mass is 290 g/mol. The molecule has 2 aromatic rings. The second-order valence-corrected chi connectivity index (χ2v) is 5.94. The zero-order valence-corrected chi connectivity index (χ0v) is 12.5. The molecule has 4 N–H and O–H groups in total. The summed E-state index contributed by atoms with van der Waals surface area (Å²) in [6.45, 7) is 2.41. The van der Waals surface area contributed by atoms with Crippen LogP contribution in [0, 0.1) is 5.82 Å². The maximum Gasteiger partial charge on any atom is 0.123 e. The van der Waals surface area contributed by atoms with Crippen molar-refractivity contribution in [3.63, 3.8) is 0 Å². The van der Waals surface area contributed by atoms with Crippen molar-refractivity contribution < 1.29 is 4.39 Å². The summed E-state index contributed by atoms with van der Waals surface area (Å²) < 4.78 is 13.5. The van der Waals surface area contributed by atoms with Crippen LogP contribution in [0.2, 0.25) is 0 Å². The molecular weight excluding hydrogens is 267 g/mol. The molecule has 3 rings (SSSR count). The lowest BCUT2D eigenvalue weighted by molar-refractivity contribution is 0.285. The lowest BCUT2D eigenvalue weighted by Gasteiger charge is -2.26. The van der Waals surface area contributed by atoms with Gasteiger partial charge in [0.1, 0.15) is 5.82 Å². The van der Waals surface area contributed by atoms with Gasteiger partial charge in [-0.1, -0.05) is 0 Å². The van der Waals surface area contributed by atoms with Crippen LogP contribution in [0.4, 0.5) is 4.39 Å². The highest BCUT2D eigenvalue weighted by molar-refractivity contribution is 5.85. The molecule has 1 atom stereocenters. The molecule has 0 saturated heterocycles. The van der Waals surface area contributed by atoms with Crippen molar-refractivity contribution in [2.24, 2.45) is 5.73 Å². The van der Waals surface area contributed by atoms with Crippen LogP contribution in [0.3, 0.4) is 0 Å². The number of halogens is 1. The number of nitrogens with one attached hydrogen (secondary N) is 2. The summed E-state index contributed by atoms with van der Waals surface area (Å²) in [7, 11) is 2.06. The maximum atomic E-state index is 13.5. The van der Waals surface area contributed by atoms with Crippen LogP contribution in [-0.2, 0) is 12.8 Å². The van der Waals surface area contributed by atoms with E-state index in [0.29, 0.717) is 12.6 Å². The Bertz CT molecular complexity index is 622. The van der Waals surface area contributed by atoms with E-state index in [9.17, 15) is 4.39 Å². The Morgan fingerprint density at radius 1 is 1.48 bits per heavy atom. The molecule has 1 aliphatic carbocycles. The van der Waals surface area contributed by atoms with Crippen LogP contribution in [0.25, 0.3) is 10.9 Å². The Labute approximate surface area is 124 Å². The molecule has 0 aliphatic heterocycles. The summed E-state index contributed by atoms with van der Waals surface area (Å²) >= 11 is 0. The fourth-order valence-electron chi connectivity index (χ4n) is 3.15. The van der Waals surface area contributed by atoms with Crippen molar-refractivity contribution in [3.05, 3.63) is 35.3 Å². The number of hydrogen-bond acceptors (Lipinski definition) is 3. The second kappa shape index (κ2) is 6.13. The van der Waals surface area contributed by atoms with Crippen LogP contribution in [-0.4, -0.2) is 42.7 Å². The van der Waals surface area contributed by atoms with Crippen LogP contribution >= 0.6 is 0 Å². The fourth-order valence-corrected chi connectivity index (χ4v) is 3.15. The van der Waals surface area contributed by atoms with Crippen LogP contribution in [0.5, 0.6) is 0 Å². The van der Waals surface area contributed by atoms with Gasteiger partial charge in [0, 0.05) is 42.4 Å². The van der Waals surface area contributed by atoms with Crippen molar-refractivity contribution in [1.82, 2.24) is 15.2 Å². The topological polar surface area (TPSA) is 57.1 Å². The second-order valence-electron chi connectivity index (χ2n) is 5.94. The number of aromatic amines is 1. The third-order valence-corrected chi connectivity index (χ3v) is 4.31. The molecule has 0 amide bonds. The summed E-state index contributed by atoms with van der Waals surface area (Å²) in [5, 5.41) is 4.61. The van der Waals surface area contributed by atoms with Crippen molar-refractivity contribution in [2.45, 2.75) is 25.3 Å². The molecular formula is C16H23FN4. The lowest BCUT2D eigenvalue weighted by atomic mass is 9.91. The normalized spacial score (nSPS) is 18.4. The Hall–Kier alpha value is -1.43. The van der Waals surface area contributed by atoms with E-state index in [0.717, 1.165) is 43.4 Å². The van der Waals surface area contributed by atoms with E-state index in [1.807, 2.05) is 6.07 Å². The zero-order chi connectivity index (χ0) is 14.8. The highest BCUT2D eigenvalue weighted by Gasteiger charge is 2.22. The van der Waals surface area contributed by atoms with Gasteiger partial charge in [0.05, 0.1) is 0 Å². The van der Waals surface area contributed by atoms with Crippen molar-refractivity contribution in [2.75, 3.05) is 26.8 Å². The van der Waals surface area contributed by atoms with Gasteiger partial charge < -0.3 is 16.0 Å². The number of benzene rings is 1. The van der Waals surface area contributed by atoms with Gasteiger partial charge in [-0.2, -0.15) is 0 Å². The molecule has 0 bridgehead atoms. The smallest absolute Gasteiger partial charge is 0.123 e. The van der Waals surface area contributed by atoms with E-state index in [4.69, 9.17) is 5.73 Å². The highest BCUT2D eigenvalue weighted by Crippen LogP contribution is 2.29. The number of nitrogens with zero attached hydrogens (tertiary/aromatic N) is 1. The molecule has 0 spiro atoms. The quantitative estimate of drug-likeness (QED) is 0.733. The van der Waals surface area contributed by atoms with Crippen LogP contribution < -0.4 is 11.1 Å². The molecule has 1 aliphatic rings.